The van der Waals surface area contributed by atoms with Crippen molar-refractivity contribution >= 4 is 16.0 Å². The highest BCUT2D eigenvalue weighted by atomic mass is 32.2. The molecule has 0 bridgehead atoms. The second-order valence-corrected chi connectivity index (χ2v) is 11.9. The Morgan fingerprint density at radius 1 is 1.15 bits per heavy atom. The summed E-state index contributed by atoms with van der Waals surface area (Å²) in [7, 11) is -2.20. The van der Waals surface area contributed by atoms with Gasteiger partial charge in [-0.15, -0.1) is 0 Å². The van der Waals surface area contributed by atoms with Gasteiger partial charge in [0.2, 0.25) is 16.0 Å². The van der Waals surface area contributed by atoms with Crippen LogP contribution in [-0.4, -0.2) is 81.1 Å². The molecule has 5 rings (SSSR count). The number of nitrogens with one attached hydrogen (secondary N) is 2. The number of hydrogen-bond acceptors (Lipinski definition) is 9. The van der Waals surface area contributed by atoms with Crippen molar-refractivity contribution in [1.29, 1.82) is 0 Å². The third-order valence-electron chi connectivity index (χ3n) is 7.35. The number of sulfonamides is 1. The van der Waals surface area contributed by atoms with Crippen molar-refractivity contribution in [3.8, 4) is 17.0 Å². The fraction of sp³-hybridized carbons (Fsp3) is 0.429. The first kappa shape index (κ1) is 27.5. The molecule has 10 nitrogen and oxygen atoms in total. The Balaban J connectivity index is 1.07. The van der Waals surface area contributed by atoms with E-state index in [0.29, 0.717) is 18.9 Å². The van der Waals surface area contributed by atoms with E-state index in [0.717, 1.165) is 49.6 Å². The molecule has 0 amide bonds. The van der Waals surface area contributed by atoms with Gasteiger partial charge in [0, 0.05) is 43.5 Å². The average molecular weight is 554 g/mol. The molecule has 2 fully saturated rings. The first-order valence-corrected chi connectivity index (χ1v) is 14.7. The highest BCUT2D eigenvalue weighted by Crippen LogP contribution is 2.37. The van der Waals surface area contributed by atoms with E-state index in [-0.39, 0.29) is 23.1 Å². The monoisotopic (exact) mass is 553 g/mol. The summed E-state index contributed by atoms with van der Waals surface area (Å²) in [6.07, 6.45) is 3.73. The van der Waals surface area contributed by atoms with E-state index in [1.165, 1.54) is 19.2 Å². The SMILES string of the molecule is CNS(=O)(=O)c1cccc(OCC(O)CN[C@H]2COC3(CCN(c4nccc(-c5ccccc5)n4)CC3)C2)c1. The molecule has 1 spiro atoms. The molecule has 2 saturated heterocycles. The summed E-state index contributed by atoms with van der Waals surface area (Å²) in [6, 6.07) is 18.4. The van der Waals surface area contributed by atoms with Crippen LogP contribution in [0.25, 0.3) is 11.3 Å². The Labute approximate surface area is 229 Å². The van der Waals surface area contributed by atoms with Crippen LogP contribution in [0, 0.1) is 0 Å². The van der Waals surface area contributed by atoms with Gasteiger partial charge in [-0.1, -0.05) is 36.4 Å². The van der Waals surface area contributed by atoms with Gasteiger partial charge in [-0.3, -0.25) is 0 Å². The molecular formula is C28H35N5O5S. The van der Waals surface area contributed by atoms with Gasteiger partial charge in [0.15, 0.2) is 0 Å². The summed E-state index contributed by atoms with van der Waals surface area (Å²) < 4.78 is 38.2. The number of piperidine rings is 1. The van der Waals surface area contributed by atoms with Crippen molar-refractivity contribution in [2.45, 2.75) is 41.9 Å². The minimum absolute atomic E-state index is 0.0474. The molecule has 39 heavy (non-hydrogen) atoms. The maximum absolute atomic E-state index is 12.0. The van der Waals surface area contributed by atoms with Gasteiger partial charge in [-0.25, -0.2) is 23.1 Å². The third-order valence-corrected chi connectivity index (χ3v) is 8.76. The predicted octanol–water partition coefficient (Wildman–Crippen LogP) is 2.21. The molecule has 0 saturated carbocycles. The van der Waals surface area contributed by atoms with Crippen LogP contribution in [0.4, 0.5) is 5.95 Å². The summed E-state index contributed by atoms with van der Waals surface area (Å²) in [4.78, 5) is 11.6. The van der Waals surface area contributed by atoms with Gasteiger partial charge in [-0.2, -0.15) is 0 Å². The van der Waals surface area contributed by atoms with E-state index in [2.05, 4.69) is 32.1 Å². The number of benzene rings is 2. The van der Waals surface area contributed by atoms with E-state index in [9.17, 15) is 13.5 Å². The Bertz CT molecular complexity index is 1350. The molecule has 0 aliphatic carbocycles. The van der Waals surface area contributed by atoms with Gasteiger partial charge in [0.25, 0.3) is 0 Å². The molecule has 2 aromatic carbocycles. The molecule has 2 aliphatic rings. The van der Waals surface area contributed by atoms with Gasteiger partial charge >= 0.3 is 0 Å². The second kappa shape index (κ2) is 12.0. The number of aromatic nitrogens is 2. The predicted molar refractivity (Wildman–Crippen MR) is 148 cm³/mol. The standard InChI is InChI=1S/C28H35N5O5S/c1-29-39(35,36)25-9-5-8-24(16-25)37-20-23(34)18-31-22-17-28(38-19-22)11-14-33(15-12-28)27-30-13-10-26(32-27)21-6-3-2-4-7-21/h2-10,13,16,22-23,29,31,34H,11-12,14-15,17-20H2,1H3/t22-,23?/m1/s1. The lowest BCUT2D eigenvalue weighted by Gasteiger charge is -2.38. The Kier molecular flexibility index (Phi) is 8.43. The molecule has 2 atom stereocenters. The van der Waals surface area contributed by atoms with Crippen LogP contribution < -0.4 is 19.7 Å². The second-order valence-electron chi connectivity index (χ2n) is 10.0. The zero-order valence-corrected chi connectivity index (χ0v) is 22.8. The molecule has 2 aliphatic heterocycles. The topological polar surface area (TPSA) is 126 Å². The summed E-state index contributed by atoms with van der Waals surface area (Å²) in [5, 5.41) is 13.8. The third kappa shape index (κ3) is 6.74. The zero-order chi connectivity index (χ0) is 27.3. The summed E-state index contributed by atoms with van der Waals surface area (Å²) in [5.41, 5.74) is 1.82. The number of rotatable bonds is 10. The minimum Gasteiger partial charge on any atom is -0.491 e. The first-order chi connectivity index (χ1) is 18.9. The highest BCUT2D eigenvalue weighted by molar-refractivity contribution is 7.89. The zero-order valence-electron chi connectivity index (χ0n) is 22.0. The van der Waals surface area contributed by atoms with Crippen LogP contribution in [0.15, 0.2) is 71.8 Å². The molecule has 1 unspecified atom stereocenters. The summed E-state index contributed by atoms with van der Waals surface area (Å²) in [6.45, 7) is 2.64. The molecular weight excluding hydrogens is 518 g/mol. The van der Waals surface area contributed by atoms with E-state index in [1.807, 2.05) is 30.5 Å². The van der Waals surface area contributed by atoms with Crippen molar-refractivity contribution in [1.82, 2.24) is 20.0 Å². The fourth-order valence-electron chi connectivity index (χ4n) is 5.11. The van der Waals surface area contributed by atoms with Crippen LogP contribution in [0.3, 0.4) is 0 Å². The molecule has 3 aromatic rings. The van der Waals surface area contributed by atoms with Crippen LogP contribution in [0.1, 0.15) is 19.3 Å². The van der Waals surface area contributed by atoms with Crippen molar-refractivity contribution in [2.75, 3.05) is 44.8 Å². The largest absolute Gasteiger partial charge is 0.491 e. The lowest BCUT2D eigenvalue weighted by atomic mass is 9.87. The molecule has 1 aromatic heterocycles. The van der Waals surface area contributed by atoms with Crippen molar-refractivity contribution in [3.05, 3.63) is 66.9 Å². The van der Waals surface area contributed by atoms with Crippen LogP contribution in [0.5, 0.6) is 5.75 Å². The van der Waals surface area contributed by atoms with E-state index >= 15 is 0 Å². The fourth-order valence-corrected chi connectivity index (χ4v) is 5.88. The van der Waals surface area contributed by atoms with Crippen LogP contribution >= 0.6 is 0 Å². The van der Waals surface area contributed by atoms with Crippen molar-refractivity contribution in [3.63, 3.8) is 0 Å². The molecule has 3 N–H and O–H groups in total. The minimum atomic E-state index is -3.56. The highest BCUT2D eigenvalue weighted by Gasteiger charge is 2.43. The molecule has 208 valence electrons. The number of anilines is 1. The van der Waals surface area contributed by atoms with E-state index in [4.69, 9.17) is 14.5 Å². The molecule has 3 heterocycles. The van der Waals surface area contributed by atoms with Crippen LogP contribution in [0.2, 0.25) is 0 Å². The van der Waals surface area contributed by atoms with Crippen LogP contribution in [-0.2, 0) is 14.8 Å². The molecule has 11 heteroatoms. The number of nitrogens with zero attached hydrogens (tertiary/aromatic N) is 3. The number of aliphatic hydroxyl groups is 1. The van der Waals surface area contributed by atoms with Gasteiger partial charge in [0.05, 0.1) is 22.8 Å². The van der Waals surface area contributed by atoms with E-state index in [1.54, 1.807) is 12.1 Å². The number of aliphatic hydroxyl groups excluding tert-OH is 1. The van der Waals surface area contributed by atoms with Crippen molar-refractivity contribution in [2.24, 2.45) is 0 Å². The quantitative estimate of drug-likeness (QED) is 0.346. The molecule has 0 radical (unpaired) electrons. The summed E-state index contributed by atoms with van der Waals surface area (Å²) >= 11 is 0. The summed E-state index contributed by atoms with van der Waals surface area (Å²) in [5.74, 6) is 1.13. The lowest BCUT2D eigenvalue weighted by Crippen LogP contribution is -2.45. The maximum Gasteiger partial charge on any atom is 0.240 e. The number of hydrogen-bond donors (Lipinski definition) is 3. The Morgan fingerprint density at radius 3 is 2.72 bits per heavy atom. The Hall–Kier alpha value is -3.09. The van der Waals surface area contributed by atoms with Gasteiger partial charge < -0.3 is 24.8 Å². The normalized spacial score (nSPS) is 19.7. The maximum atomic E-state index is 12.0. The lowest BCUT2D eigenvalue weighted by molar-refractivity contribution is -0.0152. The average Bonchev–Trinajstić information content (AvgIpc) is 3.38. The Morgan fingerprint density at radius 2 is 1.95 bits per heavy atom. The first-order valence-electron chi connectivity index (χ1n) is 13.2. The van der Waals surface area contributed by atoms with Gasteiger partial charge in [0.1, 0.15) is 18.5 Å². The smallest absolute Gasteiger partial charge is 0.240 e. The van der Waals surface area contributed by atoms with E-state index < -0.39 is 16.1 Å². The van der Waals surface area contributed by atoms with Gasteiger partial charge in [-0.05, 0) is 44.5 Å². The number of ether oxygens (including phenoxy) is 2. The van der Waals surface area contributed by atoms with Crippen molar-refractivity contribution < 1.29 is 23.0 Å².